The van der Waals surface area contributed by atoms with E-state index in [1.54, 1.807) is 6.92 Å². The maximum Gasteiger partial charge on any atom is 0.332 e. The number of methoxy groups -OCH3 is 1. The van der Waals surface area contributed by atoms with Crippen molar-refractivity contribution in [2.75, 3.05) is 7.11 Å². The van der Waals surface area contributed by atoms with Crippen molar-refractivity contribution in [3.8, 4) is 5.75 Å². The van der Waals surface area contributed by atoms with Crippen LogP contribution in [0.5, 0.6) is 5.75 Å². The molecule has 0 spiro atoms. The first-order valence-electron chi connectivity index (χ1n) is 3.54. The van der Waals surface area contributed by atoms with Crippen molar-refractivity contribution in [3.05, 3.63) is 23.8 Å². The monoisotopic (exact) mass is 204 g/mol. The Morgan fingerprint density at radius 3 is 2.38 bits per heavy atom. The molecule has 0 bridgehead atoms. The highest BCUT2D eigenvalue weighted by Crippen LogP contribution is 2.22. The molecule has 1 aromatic rings. The second-order valence-electron chi connectivity index (χ2n) is 2.57. The summed E-state index contributed by atoms with van der Waals surface area (Å²) >= 11 is 0. The molecule has 1 rings (SSSR count). The average Bonchev–Trinajstić information content (AvgIpc) is 2.02. The van der Waals surface area contributed by atoms with E-state index < -0.39 is 10.2 Å². The highest BCUT2D eigenvalue weighted by Gasteiger charge is 2.12. The highest BCUT2D eigenvalue weighted by atomic mass is 32.3. The first kappa shape index (κ1) is 9.98. The molecule has 72 valence electrons. The fourth-order valence-electron chi connectivity index (χ4n) is 1.00. The number of aryl methyl sites for hydroxylation is 1. The van der Waals surface area contributed by atoms with Crippen molar-refractivity contribution >= 4 is 10.2 Å². The fourth-order valence-corrected chi connectivity index (χ4v) is 1.55. The quantitative estimate of drug-likeness (QED) is 0.688. The topological polar surface area (TPSA) is 43.4 Å². The Balaban J connectivity index is 3.26. The molecule has 1 aromatic carbocycles. The molecule has 0 amide bonds. The third-order valence-corrected chi connectivity index (χ3v) is 2.46. The lowest BCUT2D eigenvalue weighted by Crippen LogP contribution is -1.94. The van der Waals surface area contributed by atoms with E-state index in [1.807, 2.05) is 0 Å². The van der Waals surface area contributed by atoms with E-state index in [-0.39, 0.29) is 4.90 Å². The van der Waals surface area contributed by atoms with Gasteiger partial charge in [-0.1, -0.05) is 0 Å². The van der Waals surface area contributed by atoms with Gasteiger partial charge in [0.1, 0.15) is 5.75 Å². The summed E-state index contributed by atoms with van der Waals surface area (Å²) in [4.78, 5) is -0.342. The number of benzene rings is 1. The smallest absolute Gasteiger partial charge is 0.332 e. The zero-order chi connectivity index (χ0) is 10.1. The van der Waals surface area contributed by atoms with Gasteiger partial charge >= 0.3 is 10.2 Å². The van der Waals surface area contributed by atoms with Crippen LogP contribution in [0, 0.1) is 6.92 Å². The Morgan fingerprint density at radius 2 is 2.00 bits per heavy atom. The van der Waals surface area contributed by atoms with E-state index in [0.717, 1.165) is 0 Å². The van der Waals surface area contributed by atoms with Gasteiger partial charge in [-0.05, 0) is 30.7 Å². The Kier molecular flexibility index (Phi) is 2.56. The first-order chi connectivity index (χ1) is 5.95. The van der Waals surface area contributed by atoms with Gasteiger partial charge < -0.3 is 4.74 Å². The molecule has 5 heteroatoms. The predicted octanol–water partition coefficient (Wildman–Crippen LogP) is 1.66. The molecule has 0 saturated carbocycles. The van der Waals surface area contributed by atoms with E-state index in [2.05, 4.69) is 0 Å². The van der Waals surface area contributed by atoms with E-state index in [4.69, 9.17) is 4.74 Å². The molecule has 0 saturated heterocycles. The van der Waals surface area contributed by atoms with Gasteiger partial charge in [0.05, 0.1) is 12.0 Å². The number of hydrogen-bond acceptors (Lipinski definition) is 3. The Bertz CT molecular complexity index is 411. The summed E-state index contributed by atoms with van der Waals surface area (Å²) in [7, 11) is -3.14. The molecule has 0 unspecified atom stereocenters. The van der Waals surface area contributed by atoms with Gasteiger partial charge in [-0.25, -0.2) is 0 Å². The van der Waals surface area contributed by atoms with Crippen LogP contribution in [0.4, 0.5) is 3.89 Å². The minimum atomic E-state index is -4.61. The summed E-state index contributed by atoms with van der Waals surface area (Å²) in [5.41, 5.74) is 0.584. The van der Waals surface area contributed by atoms with Crippen molar-refractivity contribution in [1.82, 2.24) is 0 Å². The Hall–Kier alpha value is -1.10. The van der Waals surface area contributed by atoms with Crippen molar-refractivity contribution in [3.63, 3.8) is 0 Å². The van der Waals surface area contributed by atoms with Crippen LogP contribution in [-0.2, 0) is 10.2 Å². The number of hydrogen-bond donors (Lipinski definition) is 0. The standard InChI is InChI=1S/C8H9FO3S/c1-6-5-7(13(9,10)11)3-4-8(6)12-2/h3-5H,1-2H3. The summed E-state index contributed by atoms with van der Waals surface area (Å²) < 4.78 is 38.3. The third kappa shape index (κ3) is 2.18. The second-order valence-corrected chi connectivity index (χ2v) is 3.92. The van der Waals surface area contributed by atoms with Crippen LogP contribution < -0.4 is 4.74 Å². The lowest BCUT2D eigenvalue weighted by Gasteiger charge is -2.04. The number of rotatable bonds is 2. The highest BCUT2D eigenvalue weighted by molar-refractivity contribution is 7.86. The molecule has 3 nitrogen and oxygen atoms in total. The molecule has 0 radical (unpaired) electrons. The van der Waals surface area contributed by atoms with Crippen LogP contribution in [0.15, 0.2) is 23.1 Å². The largest absolute Gasteiger partial charge is 0.496 e. The molecule has 0 aliphatic carbocycles. The summed E-state index contributed by atoms with van der Waals surface area (Å²) in [5, 5.41) is 0. The third-order valence-electron chi connectivity index (χ3n) is 1.65. The zero-order valence-corrected chi connectivity index (χ0v) is 8.06. The molecule has 0 heterocycles. The van der Waals surface area contributed by atoms with Crippen molar-refractivity contribution < 1.29 is 17.0 Å². The lowest BCUT2D eigenvalue weighted by molar-refractivity contribution is 0.411. The van der Waals surface area contributed by atoms with Crippen molar-refractivity contribution in [1.29, 1.82) is 0 Å². The van der Waals surface area contributed by atoms with Crippen LogP contribution >= 0.6 is 0 Å². The average molecular weight is 204 g/mol. The fraction of sp³-hybridized carbons (Fsp3) is 0.250. The number of halogens is 1. The molecule has 0 fully saturated rings. The van der Waals surface area contributed by atoms with Gasteiger partial charge in [-0.2, -0.15) is 8.42 Å². The van der Waals surface area contributed by atoms with E-state index in [0.29, 0.717) is 11.3 Å². The maximum absolute atomic E-state index is 12.5. The summed E-state index contributed by atoms with van der Waals surface area (Å²) in [6, 6.07) is 3.82. The molecular formula is C8H9FO3S. The summed E-state index contributed by atoms with van der Waals surface area (Å²) in [6.45, 7) is 1.65. The van der Waals surface area contributed by atoms with Gasteiger partial charge in [0, 0.05) is 0 Å². The minimum Gasteiger partial charge on any atom is -0.496 e. The molecule has 0 aliphatic heterocycles. The number of ether oxygens (including phenoxy) is 1. The summed E-state index contributed by atoms with van der Waals surface area (Å²) in [5.74, 6) is 0.535. The van der Waals surface area contributed by atoms with Gasteiger partial charge in [0.15, 0.2) is 0 Å². The summed E-state index contributed by atoms with van der Waals surface area (Å²) in [6.07, 6.45) is 0. The van der Waals surface area contributed by atoms with Crippen molar-refractivity contribution in [2.45, 2.75) is 11.8 Å². The predicted molar refractivity (Wildman–Crippen MR) is 46.0 cm³/mol. The molecule has 0 N–H and O–H groups in total. The molecule has 0 atom stereocenters. The molecule has 0 aromatic heterocycles. The zero-order valence-electron chi connectivity index (χ0n) is 7.24. The molecule has 13 heavy (non-hydrogen) atoms. The van der Waals surface area contributed by atoms with E-state index in [9.17, 15) is 12.3 Å². The molecule has 0 aliphatic rings. The maximum atomic E-state index is 12.5. The van der Waals surface area contributed by atoms with Crippen LogP contribution in [0.25, 0.3) is 0 Å². The molecular weight excluding hydrogens is 195 g/mol. The lowest BCUT2D eigenvalue weighted by atomic mass is 10.2. The van der Waals surface area contributed by atoms with Gasteiger partial charge in [-0.3, -0.25) is 0 Å². The van der Waals surface area contributed by atoms with Crippen molar-refractivity contribution in [2.24, 2.45) is 0 Å². The van der Waals surface area contributed by atoms with Crippen LogP contribution in [0.1, 0.15) is 5.56 Å². The van der Waals surface area contributed by atoms with Crippen LogP contribution in [0.3, 0.4) is 0 Å². The normalized spacial score (nSPS) is 11.3. The van der Waals surface area contributed by atoms with E-state index >= 15 is 0 Å². The minimum absolute atomic E-state index is 0.342. The van der Waals surface area contributed by atoms with Crippen LogP contribution in [0.2, 0.25) is 0 Å². The SMILES string of the molecule is COc1ccc(S(=O)(=O)F)cc1C. The van der Waals surface area contributed by atoms with Gasteiger partial charge in [0.2, 0.25) is 0 Å². The second kappa shape index (κ2) is 3.33. The van der Waals surface area contributed by atoms with Gasteiger partial charge in [0.25, 0.3) is 0 Å². The van der Waals surface area contributed by atoms with E-state index in [1.165, 1.54) is 25.3 Å². The van der Waals surface area contributed by atoms with Gasteiger partial charge in [-0.15, -0.1) is 3.89 Å². The first-order valence-corrected chi connectivity index (χ1v) is 4.93. The van der Waals surface area contributed by atoms with Crippen LogP contribution in [-0.4, -0.2) is 15.5 Å². The Morgan fingerprint density at radius 1 is 1.38 bits per heavy atom. The Labute approximate surface area is 76.4 Å².